The molecule has 1 N–H and O–H groups in total. The highest BCUT2D eigenvalue weighted by molar-refractivity contribution is 5.59. The van der Waals surface area contributed by atoms with Crippen molar-refractivity contribution in [1.82, 2.24) is 5.32 Å². The molecule has 1 rings (SSSR count). The van der Waals surface area contributed by atoms with Crippen molar-refractivity contribution in [3.05, 3.63) is 35.9 Å². The van der Waals surface area contributed by atoms with E-state index in [1.165, 1.54) is 18.4 Å². The van der Waals surface area contributed by atoms with Crippen LogP contribution in [0.3, 0.4) is 0 Å². The standard InChI is InChI=1S/C14H20NO/c1-2-3-7-10-15-14(12-16)11-13-8-5-4-6-9-13/h4-6,8-9,14-15H,2-3,7,10-11H2,1H3/t14-/m0/s1. The second kappa shape index (κ2) is 8.05. The van der Waals surface area contributed by atoms with Crippen molar-refractivity contribution in [2.24, 2.45) is 0 Å². The van der Waals surface area contributed by atoms with Crippen LogP contribution in [0.1, 0.15) is 31.7 Å². The quantitative estimate of drug-likeness (QED) is 0.679. The molecule has 0 aliphatic rings. The van der Waals surface area contributed by atoms with Crippen molar-refractivity contribution in [3.8, 4) is 0 Å². The van der Waals surface area contributed by atoms with Gasteiger partial charge in [0.1, 0.15) is 0 Å². The molecule has 0 aromatic heterocycles. The lowest BCUT2D eigenvalue weighted by atomic mass is 10.1. The summed E-state index contributed by atoms with van der Waals surface area (Å²) in [6.45, 7) is 3.08. The van der Waals surface area contributed by atoms with Crippen LogP contribution in [0.2, 0.25) is 0 Å². The number of carbonyl (C=O) groups excluding carboxylic acids is 1. The molecule has 16 heavy (non-hydrogen) atoms. The van der Waals surface area contributed by atoms with Gasteiger partial charge < -0.3 is 5.32 Å². The van der Waals surface area contributed by atoms with Crippen LogP contribution >= 0.6 is 0 Å². The molecule has 0 aliphatic carbocycles. The van der Waals surface area contributed by atoms with Crippen LogP contribution in [0.4, 0.5) is 0 Å². The minimum atomic E-state index is -0.167. The van der Waals surface area contributed by atoms with Gasteiger partial charge in [0.2, 0.25) is 6.29 Å². The van der Waals surface area contributed by atoms with E-state index in [2.05, 4.69) is 18.5 Å². The summed E-state index contributed by atoms with van der Waals surface area (Å²) in [4.78, 5) is 10.8. The molecule has 0 saturated carbocycles. The number of hydrogen-bond acceptors (Lipinski definition) is 2. The summed E-state index contributed by atoms with van der Waals surface area (Å²) in [6, 6.07) is 9.88. The van der Waals surface area contributed by atoms with Gasteiger partial charge in [-0.25, -0.2) is 0 Å². The molecule has 0 aliphatic heterocycles. The van der Waals surface area contributed by atoms with Crippen LogP contribution in [0, 0.1) is 0 Å². The van der Waals surface area contributed by atoms with Gasteiger partial charge in [-0.15, -0.1) is 0 Å². The third-order valence-electron chi connectivity index (χ3n) is 2.60. The van der Waals surface area contributed by atoms with E-state index in [-0.39, 0.29) is 6.04 Å². The van der Waals surface area contributed by atoms with Gasteiger partial charge in [0.25, 0.3) is 0 Å². The first kappa shape index (κ1) is 12.9. The lowest BCUT2D eigenvalue weighted by molar-refractivity contribution is 0.505. The van der Waals surface area contributed by atoms with Gasteiger partial charge in [0.05, 0.1) is 6.04 Å². The Morgan fingerprint density at radius 1 is 1.25 bits per heavy atom. The van der Waals surface area contributed by atoms with Crippen molar-refractivity contribution < 1.29 is 4.79 Å². The number of hydrogen-bond donors (Lipinski definition) is 1. The smallest absolute Gasteiger partial charge is 0.217 e. The van der Waals surface area contributed by atoms with Gasteiger partial charge in [-0.1, -0.05) is 50.1 Å². The first-order valence-electron chi connectivity index (χ1n) is 6.01. The molecule has 0 fully saturated rings. The molecule has 0 spiro atoms. The second-order valence-corrected chi connectivity index (χ2v) is 4.02. The van der Waals surface area contributed by atoms with E-state index in [1.807, 2.05) is 30.3 Å². The van der Waals surface area contributed by atoms with E-state index < -0.39 is 0 Å². The fraction of sp³-hybridized carbons (Fsp3) is 0.500. The van der Waals surface area contributed by atoms with E-state index in [9.17, 15) is 4.79 Å². The predicted molar refractivity (Wildman–Crippen MR) is 67.2 cm³/mol. The molecule has 0 amide bonds. The van der Waals surface area contributed by atoms with Crippen molar-refractivity contribution in [2.75, 3.05) is 6.54 Å². The zero-order valence-corrected chi connectivity index (χ0v) is 9.91. The van der Waals surface area contributed by atoms with Crippen LogP contribution in [0.5, 0.6) is 0 Å². The van der Waals surface area contributed by atoms with Gasteiger partial charge in [-0.05, 0) is 24.9 Å². The Morgan fingerprint density at radius 3 is 2.62 bits per heavy atom. The SMILES string of the molecule is CCCCCN[C@H]([C]=O)Cc1ccccc1. The maximum absolute atomic E-state index is 10.8. The molecule has 1 aromatic rings. The summed E-state index contributed by atoms with van der Waals surface area (Å²) < 4.78 is 0. The molecule has 0 saturated heterocycles. The number of unbranched alkanes of at least 4 members (excludes halogenated alkanes) is 2. The second-order valence-electron chi connectivity index (χ2n) is 4.02. The van der Waals surface area contributed by atoms with Gasteiger partial charge in [-0.3, -0.25) is 4.79 Å². The van der Waals surface area contributed by atoms with Crippen LogP contribution in [-0.2, 0) is 11.2 Å². The molecule has 1 atom stereocenters. The molecule has 2 heteroatoms. The summed E-state index contributed by atoms with van der Waals surface area (Å²) >= 11 is 0. The molecule has 0 unspecified atom stereocenters. The van der Waals surface area contributed by atoms with Gasteiger partial charge in [0.15, 0.2) is 0 Å². The molecular weight excluding hydrogens is 198 g/mol. The average Bonchev–Trinajstić information content (AvgIpc) is 2.34. The first-order valence-corrected chi connectivity index (χ1v) is 6.01. The zero-order valence-electron chi connectivity index (χ0n) is 9.91. The molecule has 1 radical (unpaired) electrons. The van der Waals surface area contributed by atoms with Crippen LogP contribution in [0.25, 0.3) is 0 Å². The van der Waals surface area contributed by atoms with Crippen molar-refractivity contribution in [3.63, 3.8) is 0 Å². The summed E-state index contributed by atoms with van der Waals surface area (Å²) in [7, 11) is 0. The third-order valence-corrected chi connectivity index (χ3v) is 2.60. The Hall–Kier alpha value is -1.15. The molecule has 0 heterocycles. The van der Waals surface area contributed by atoms with E-state index in [1.54, 1.807) is 0 Å². The third kappa shape index (κ3) is 5.08. The van der Waals surface area contributed by atoms with Crippen LogP contribution in [-0.4, -0.2) is 18.9 Å². The van der Waals surface area contributed by atoms with Gasteiger partial charge >= 0.3 is 0 Å². The highest BCUT2D eigenvalue weighted by Crippen LogP contribution is 2.02. The molecular formula is C14H20NO. The highest BCUT2D eigenvalue weighted by Gasteiger charge is 2.07. The minimum absolute atomic E-state index is 0.167. The Bertz CT molecular complexity index is 284. The molecule has 0 bridgehead atoms. The fourth-order valence-electron chi connectivity index (χ4n) is 1.66. The van der Waals surface area contributed by atoms with Crippen LogP contribution < -0.4 is 5.32 Å². The van der Waals surface area contributed by atoms with Crippen molar-refractivity contribution in [1.29, 1.82) is 0 Å². The van der Waals surface area contributed by atoms with Crippen molar-refractivity contribution in [2.45, 2.75) is 38.6 Å². The lowest BCUT2D eigenvalue weighted by Gasteiger charge is -2.11. The van der Waals surface area contributed by atoms with Crippen molar-refractivity contribution >= 4 is 6.29 Å². The van der Waals surface area contributed by atoms with Gasteiger partial charge in [0, 0.05) is 0 Å². The lowest BCUT2D eigenvalue weighted by Crippen LogP contribution is -2.33. The van der Waals surface area contributed by atoms with E-state index >= 15 is 0 Å². The Labute approximate surface area is 98.1 Å². The number of rotatable bonds is 8. The summed E-state index contributed by atoms with van der Waals surface area (Å²) in [6.07, 6.45) is 6.34. The zero-order chi connectivity index (χ0) is 11.6. The number of nitrogens with one attached hydrogen (secondary N) is 1. The maximum Gasteiger partial charge on any atom is 0.217 e. The summed E-state index contributed by atoms with van der Waals surface area (Å²) in [5, 5.41) is 3.23. The first-order chi connectivity index (χ1) is 7.86. The normalized spacial score (nSPS) is 12.3. The predicted octanol–water partition coefficient (Wildman–Crippen LogP) is 2.49. The minimum Gasteiger partial charge on any atom is -0.307 e. The Kier molecular flexibility index (Phi) is 6.50. The highest BCUT2D eigenvalue weighted by atomic mass is 16.1. The molecule has 2 nitrogen and oxygen atoms in total. The molecule has 1 aromatic carbocycles. The fourth-order valence-corrected chi connectivity index (χ4v) is 1.66. The van der Waals surface area contributed by atoms with E-state index in [0.717, 1.165) is 19.4 Å². The largest absolute Gasteiger partial charge is 0.307 e. The summed E-state index contributed by atoms with van der Waals surface area (Å²) in [5.41, 5.74) is 1.18. The monoisotopic (exact) mass is 218 g/mol. The van der Waals surface area contributed by atoms with E-state index in [4.69, 9.17) is 0 Å². The van der Waals surface area contributed by atoms with E-state index in [0.29, 0.717) is 0 Å². The average molecular weight is 218 g/mol. The van der Waals surface area contributed by atoms with Gasteiger partial charge in [-0.2, -0.15) is 0 Å². The maximum atomic E-state index is 10.8. The van der Waals surface area contributed by atoms with Crippen LogP contribution in [0.15, 0.2) is 30.3 Å². The molecule has 87 valence electrons. The summed E-state index contributed by atoms with van der Waals surface area (Å²) in [5.74, 6) is 0. The Morgan fingerprint density at radius 2 is 2.00 bits per heavy atom. The Balaban J connectivity index is 2.29. The topological polar surface area (TPSA) is 29.1 Å². The number of benzene rings is 1.